The lowest BCUT2D eigenvalue weighted by Gasteiger charge is -2.23. The Morgan fingerprint density at radius 3 is 2.83 bits per heavy atom. The van der Waals surface area contributed by atoms with Crippen LogP contribution in [0.5, 0.6) is 0 Å². The highest BCUT2D eigenvalue weighted by atomic mass is 16.6. The van der Waals surface area contributed by atoms with Gasteiger partial charge in [0.1, 0.15) is 5.82 Å². The van der Waals surface area contributed by atoms with Crippen molar-refractivity contribution in [3.05, 3.63) is 28.4 Å². The summed E-state index contributed by atoms with van der Waals surface area (Å²) in [5.74, 6) is -1.05. The first-order valence-electron chi connectivity index (χ1n) is 5.54. The molecule has 0 radical (unpaired) electrons. The van der Waals surface area contributed by atoms with Gasteiger partial charge in [-0.3, -0.25) is 14.9 Å². The van der Waals surface area contributed by atoms with Crippen LogP contribution in [0.15, 0.2) is 18.3 Å². The molecule has 0 aliphatic carbocycles. The van der Waals surface area contributed by atoms with E-state index in [9.17, 15) is 14.9 Å². The lowest BCUT2D eigenvalue weighted by molar-refractivity contribution is -0.384. The topological polar surface area (TPSA) is 96.6 Å². The minimum absolute atomic E-state index is 0.0542. The molecule has 1 rings (SSSR count). The zero-order chi connectivity index (χ0) is 13.7. The zero-order valence-electron chi connectivity index (χ0n) is 10.2. The predicted octanol–water partition coefficient (Wildman–Crippen LogP) is 1.54. The standard InChI is InChI=1S/C11H15N3O4/c1-3-13(7-8(2)11(15)16)10-6-9(14(17)18)4-5-12-10/h4-6,8H,3,7H2,1-2H3,(H,15,16). The monoisotopic (exact) mass is 253 g/mol. The number of pyridine rings is 1. The molecule has 0 saturated carbocycles. The molecule has 1 N–H and O–H groups in total. The number of nitrogens with zero attached hydrogens (tertiary/aromatic N) is 3. The first-order chi connectivity index (χ1) is 8.45. The minimum atomic E-state index is -0.904. The molecule has 18 heavy (non-hydrogen) atoms. The summed E-state index contributed by atoms with van der Waals surface area (Å²) in [5, 5.41) is 19.5. The average Bonchev–Trinajstić information content (AvgIpc) is 2.35. The largest absolute Gasteiger partial charge is 0.481 e. The fraction of sp³-hybridized carbons (Fsp3) is 0.455. The molecule has 1 aromatic heterocycles. The van der Waals surface area contributed by atoms with Crippen LogP contribution in [0.2, 0.25) is 0 Å². The Hall–Kier alpha value is -2.18. The molecule has 1 aromatic rings. The molecule has 0 bridgehead atoms. The Labute approximate surface area is 104 Å². The quantitative estimate of drug-likeness (QED) is 0.610. The van der Waals surface area contributed by atoms with E-state index >= 15 is 0 Å². The molecular formula is C11H15N3O4. The van der Waals surface area contributed by atoms with Gasteiger partial charge in [-0.05, 0) is 6.92 Å². The van der Waals surface area contributed by atoms with Crippen molar-refractivity contribution in [2.75, 3.05) is 18.0 Å². The van der Waals surface area contributed by atoms with E-state index in [1.807, 2.05) is 6.92 Å². The SMILES string of the molecule is CCN(CC(C)C(=O)O)c1cc([N+](=O)[O-])ccn1. The number of carbonyl (C=O) groups is 1. The normalized spacial score (nSPS) is 11.9. The smallest absolute Gasteiger partial charge is 0.308 e. The lowest BCUT2D eigenvalue weighted by atomic mass is 10.1. The van der Waals surface area contributed by atoms with Crippen molar-refractivity contribution < 1.29 is 14.8 Å². The third-order valence-corrected chi connectivity index (χ3v) is 2.56. The van der Waals surface area contributed by atoms with E-state index in [-0.39, 0.29) is 12.2 Å². The zero-order valence-corrected chi connectivity index (χ0v) is 10.2. The van der Waals surface area contributed by atoms with Crippen LogP contribution in [0.25, 0.3) is 0 Å². The Bertz CT molecular complexity index is 450. The molecule has 0 spiro atoms. The van der Waals surface area contributed by atoms with Gasteiger partial charge in [-0.2, -0.15) is 0 Å². The van der Waals surface area contributed by atoms with Gasteiger partial charge in [0.15, 0.2) is 0 Å². The molecule has 7 heteroatoms. The van der Waals surface area contributed by atoms with Crippen molar-refractivity contribution in [3.8, 4) is 0 Å². The molecule has 0 fully saturated rings. The van der Waals surface area contributed by atoms with Crippen molar-refractivity contribution in [2.24, 2.45) is 5.92 Å². The average molecular weight is 253 g/mol. The van der Waals surface area contributed by atoms with Gasteiger partial charge >= 0.3 is 5.97 Å². The highest BCUT2D eigenvalue weighted by Gasteiger charge is 2.18. The number of rotatable bonds is 6. The lowest BCUT2D eigenvalue weighted by Crippen LogP contribution is -2.32. The molecule has 0 saturated heterocycles. The molecule has 1 atom stereocenters. The van der Waals surface area contributed by atoms with E-state index in [0.717, 1.165) is 0 Å². The van der Waals surface area contributed by atoms with Crippen molar-refractivity contribution in [3.63, 3.8) is 0 Å². The van der Waals surface area contributed by atoms with Crippen LogP contribution in [-0.4, -0.2) is 34.1 Å². The summed E-state index contributed by atoms with van der Waals surface area (Å²) in [7, 11) is 0. The Kier molecular flexibility index (Phi) is 4.59. The third-order valence-electron chi connectivity index (χ3n) is 2.56. The van der Waals surface area contributed by atoms with Crippen LogP contribution in [0.4, 0.5) is 11.5 Å². The second-order valence-corrected chi connectivity index (χ2v) is 3.91. The number of hydrogen-bond donors (Lipinski definition) is 1. The number of hydrogen-bond acceptors (Lipinski definition) is 5. The Morgan fingerprint density at radius 1 is 1.67 bits per heavy atom. The van der Waals surface area contributed by atoms with Gasteiger partial charge in [-0.15, -0.1) is 0 Å². The van der Waals surface area contributed by atoms with Crippen molar-refractivity contribution in [2.45, 2.75) is 13.8 Å². The molecule has 0 amide bonds. The number of aliphatic carboxylic acids is 1. The van der Waals surface area contributed by atoms with E-state index < -0.39 is 16.8 Å². The summed E-state index contributed by atoms with van der Waals surface area (Å²) >= 11 is 0. The maximum Gasteiger partial charge on any atom is 0.308 e. The number of aromatic nitrogens is 1. The van der Waals surface area contributed by atoms with Crippen molar-refractivity contribution >= 4 is 17.5 Å². The van der Waals surface area contributed by atoms with Crippen LogP contribution in [-0.2, 0) is 4.79 Å². The number of carboxylic acids is 1. The van der Waals surface area contributed by atoms with Crippen LogP contribution in [0.3, 0.4) is 0 Å². The second kappa shape index (κ2) is 5.95. The predicted molar refractivity (Wildman–Crippen MR) is 65.6 cm³/mol. The van der Waals surface area contributed by atoms with Gasteiger partial charge in [0, 0.05) is 25.4 Å². The third kappa shape index (κ3) is 3.41. The highest BCUT2D eigenvalue weighted by molar-refractivity contribution is 5.70. The van der Waals surface area contributed by atoms with E-state index in [0.29, 0.717) is 12.4 Å². The minimum Gasteiger partial charge on any atom is -0.481 e. The maximum absolute atomic E-state index is 10.8. The molecule has 98 valence electrons. The van der Waals surface area contributed by atoms with Crippen molar-refractivity contribution in [1.29, 1.82) is 0 Å². The van der Waals surface area contributed by atoms with Crippen molar-refractivity contribution in [1.82, 2.24) is 4.98 Å². The molecular weight excluding hydrogens is 238 g/mol. The number of anilines is 1. The van der Waals surface area contributed by atoms with Crippen LogP contribution >= 0.6 is 0 Å². The molecule has 7 nitrogen and oxygen atoms in total. The van der Waals surface area contributed by atoms with Crippen LogP contribution in [0, 0.1) is 16.0 Å². The van der Waals surface area contributed by atoms with Gasteiger partial charge in [-0.25, -0.2) is 4.98 Å². The summed E-state index contributed by atoms with van der Waals surface area (Å²) in [6, 6.07) is 2.65. The van der Waals surface area contributed by atoms with E-state index in [4.69, 9.17) is 5.11 Å². The molecule has 1 heterocycles. The highest BCUT2D eigenvalue weighted by Crippen LogP contribution is 2.18. The van der Waals surface area contributed by atoms with Gasteiger partial charge < -0.3 is 10.0 Å². The summed E-state index contributed by atoms with van der Waals surface area (Å²) in [6.07, 6.45) is 1.35. The summed E-state index contributed by atoms with van der Waals surface area (Å²) < 4.78 is 0. The molecule has 1 unspecified atom stereocenters. The number of nitro groups is 1. The first kappa shape index (κ1) is 13.9. The van der Waals surface area contributed by atoms with Gasteiger partial charge in [0.2, 0.25) is 0 Å². The first-order valence-corrected chi connectivity index (χ1v) is 5.54. The van der Waals surface area contributed by atoms with Crippen LogP contribution < -0.4 is 4.90 Å². The fourth-order valence-electron chi connectivity index (χ4n) is 1.49. The van der Waals surface area contributed by atoms with Gasteiger partial charge in [0.25, 0.3) is 5.69 Å². The maximum atomic E-state index is 10.8. The van der Waals surface area contributed by atoms with E-state index in [1.165, 1.54) is 18.3 Å². The molecule has 0 aromatic carbocycles. The fourth-order valence-corrected chi connectivity index (χ4v) is 1.49. The summed E-state index contributed by atoms with van der Waals surface area (Å²) in [5.41, 5.74) is -0.0542. The number of carboxylic acid groups (broad SMARTS) is 1. The van der Waals surface area contributed by atoms with Gasteiger partial charge in [0.05, 0.1) is 16.9 Å². The van der Waals surface area contributed by atoms with E-state index in [1.54, 1.807) is 11.8 Å². The van der Waals surface area contributed by atoms with E-state index in [2.05, 4.69) is 4.98 Å². The Morgan fingerprint density at radius 2 is 2.33 bits per heavy atom. The van der Waals surface area contributed by atoms with Gasteiger partial charge in [-0.1, -0.05) is 6.92 Å². The molecule has 0 aliphatic rings. The van der Waals surface area contributed by atoms with Crippen LogP contribution in [0.1, 0.15) is 13.8 Å². The molecule has 0 aliphatic heterocycles. The second-order valence-electron chi connectivity index (χ2n) is 3.91. The Balaban J connectivity index is 2.91. The summed E-state index contributed by atoms with van der Waals surface area (Å²) in [6.45, 7) is 4.23. The summed E-state index contributed by atoms with van der Waals surface area (Å²) in [4.78, 5) is 26.7.